The lowest BCUT2D eigenvalue weighted by Gasteiger charge is -2.32. The molecule has 0 saturated heterocycles. The molecular formula is C18H21NO2. The van der Waals surface area contributed by atoms with Crippen molar-refractivity contribution in [2.45, 2.75) is 18.4 Å². The highest BCUT2D eigenvalue weighted by molar-refractivity contribution is 5.41. The molecule has 3 heteroatoms. The summed E-state index contributed by atoms with van der Waals surface area (Å²) < 4.78 is 11.1. The Bertz CT molecular complexity index is 612. The molecule has 2 aromatic rings. The molecule has 1 aliphatic heterocycles. The van der Waals surface area contributed by atoms with Crippen LogP contribution in [-0.4, -0.2) is 20.8 Å². The zero-order chi connectivity index (χ0) is 14.7. The maximum atomic E-state index is 5.78. The van der Waals surface area contributed by atoms with Crippen molar-refractivity contribution in [2.75, 3.05) is 20.8 Å². The summed E-state index contributed by atoms with van der Waals surface area (Å²) in [6.45, 7) is 0.768. The molecule has 0 fully saturated rings. The molecule has 1 heterocycles. The van der Waals surface area contributed by atoms with Crippen LogP contribution in [-0.2, 0) is 0 Å². The third-order valence-electron chi connectivity index (χ3n) is 4.17. The van der Waals surface area contributed by atoms with E-state index in [0.717, 1.165) is 24.5 Å². The van der Waals surface area contributed by atoms with Gasteiger partial charge in [0.2, 0.25) is 0 Å². The van der Waals surface area contributed by atoms with E-state index in [1.54, 1.807) is 7.11 Å². The Hall–Kier alpha value is -2.00. The van der Waals surface area contributed by atoms with Gasteiger partial charge in [0.05, 0.1) is 13.7 Å². The molecule has 0 bridgehead atoms. The van der Waals surface area contributed by atoms with Crippen molar-refractivity contribution in [1.82, 2.24) is 5.32 Å². The summed E-state index contributed by atoms with van der Waals surface area (Å²) in [5, 5.41) is 3.47. The van der Waals surface area contributed by atoms with Crippen LogP contribution in [0, 0.1) is 0 Å². The zero-order valence-electron chi connectivity index (χ0n) is 12.5. The minimum Gasteiger partial charge on any atom is -0.497 e. The fourth-order valence-corrected chi connectivity index (χ4v) is 3.15. The highest BCUT2D eigenvalue weighted by Gasteiger charge is 2.29. The Morgan fingerprint density at radius 2 is 2.05 bits per heavy atom. The Labute approximate surface area is 125 Å². The summed E-state index contributed by atoms with van der Waals surface area (Å²) in [5.41, 5.74) is 2.53. The molecule has 0 aliphatic carbocycles. The summed E-state index contributed by atoms with van der Waals surface area (Å²) in [4.78, 5) is 0. The van der Waals surface area contributed by atoms with Crippen LogP contribution < -0.4 is 14.8 Å². The van der Waals surface area contributed by atoms with Gasteiger partial charge < -0.3 is 14.8 Å². The van der Waals surface area contributed by atoms with Gasteiger partial charge in [-0.2, -0.15) is 0 Å². The van der Waals surface area contributed by atoms with E-state index >= 15 is 0 Å². The number of para-hydroxylation sites is 1. The Morgan fingerprint density at radius 1 is 1.19 bits per heavy atom. The smallest absolute Gasteiger partial charge is 0.122 e. The van der Waals surface area contributed by atoms with E-state index in [9.17, 15) is 0 Å². The number of rotatable bonds is 4. The summed E-state index contributed by atoms with van der Waals surface area (Å²) in [7, 11) is 3.72. The van der Waals surface area contributed by atoms with Gasteiger partial charge in [0.15, 0.2) is 0 Å². The standard InChI is InChI=1S/C18H21NO2/c1-19-18(13-6-5-7-14(12-13)20-2)16-10-11-21-17-9-4-3-8-15(16)17/h3-9,12,16,18-19H,10-11H2,1-2H3. The number of hydrogen-bond donors (Lipinski definition) is 1. The number of benzene rings is 2. The lowest BCUT2D eigenvalue weighted by molar-refractivity contribution is 0.248. The lowest BCUT2D eigenvalue weighted by Crippen LogP contribution is -2.28. The molecule has 2 atom stereocenters. The van der Waals surface area contributed by atoms with Gasteiger partial charge in [-0.3, -0.25) is 0 Å². The van der Waals surface area contributed by atoms with Crippen LogP contribution in [0.4, 0.5) is 0 Å². The number of fused-ring (bicyclic) bond motifs is 1. The van der Waals surface area contributed by atoms with Crippen molar-refractivity contribution in [3.63, 3.8) is 0 Å². The average Bonchev–Trinajstić information content (AvgIpc) is 2.56. The van der Waals surface area contributed by atoms with Crippen molar-refractivity contribution >= 4 is 0 Å². The molecule has 0 aromatic heterocycles. The Balaban J connectivity index is 1.97. The molecule has 1 N–H and O–H groups in total. The second kappa shape index (κ2) is 6.19. The van der Waals surface area contributed by atoms with Crippen molar-refractivity contribution in [1.29, 1.82) is 0 Å². The zero-order valence-corrected chi connectivity index (χ0v) is 12.5. The van der Waals surface area contributed by atoms with Gasteiger partial charge in [0.1, 0.15) is 11.5 Å². The van der Waals surface area contributed by atoms with Gasteiger partial charge in [0.25, 0.3) is 0 Å². The van der Waals surface area contributed by atoms with E-state index in [4.69, 9.17) is 9.47 Å². The topological polar surface area (TPSA) is 30.5 Å². The molecule has 0 saturated carbocycles. The van der Waals surface area contributed by atoms with Crippen molar-refractivity contribution < 1.29 is 9.47 Å². The van der Waals surface area contributed by atoms with Crippen molar-refractivity contribution in [3.05, 3.63) is 59.7 Å². The van der Waals surface area contributed by atoms with E-state index in [1.807, 2.05) is 25.2 Å². The number of nitrogens with one attached hydrogen (secondary N) is 1. The number of methoxy groups -OCH3 is 1. The average molecular weight is 283 g/mol. The number of ether oxygens (including phenoxy) is 2. The molecule has 0 spiro atoms. The Morgan fingerprint density at radius 3 is 2.86 bits per heavy atom. The maximum Gasteiger partial charge on any atom is 0.122 e. The first-order valence-corrected chi connectivity index (χ1v) is 7.36. The molecule has 110 valence electrons. The molecule has 2 unspecified atom stereocenters. The number of hydrogen-bond acceptors (Lipinski definition) is 3. The van der Waals surface area contributed by atoms with Crippen LogP contribution in [0.15, 0.2) is 48.5 Å². The molecule has 2 aromatic carbocycles. The fourth-order valence-electron chi connectivity index (χ4n) is 3.15. The summed E-state index contributed by atoms with van der Waals surface area (Å²) >= 11 is 0. The normalized spacial score (nSPS) is 18.5. The monoisotopic (exact) mass is 283 g/mol. The first-order valence-electron chi connectivity index (χ1n) is 7.36. The molecule has 0 amide bonds. The van der Waals surface area contributed by atoms with E-state index in [0.29, 0.717) is 5.92 Å². The first-order chi connectivity index (χ1) is 10.3. The largest absolute Gasteiger partial charge is 0.497 e. The minimum absolute atomic E-state index is 0.255. The second-order valence-electron chi connectivity index (χ2n) is 5.32. The molecule has 0 radical (unpaired) electrons. The predicted octanol–water partition coefficient (Wildman–Crippen LogP) is 3.52. The van der Waals surface area contributed by atoms with E-state index in [1.165, 1.54) is 11.1 Å². The molecule has 21 heavy (non-hydrogen) atoms. The summed E-state index contributed by atoms with van der Waals surface area (Å²) in [6.07, 6.45) is 1.01. The second-order valence-corrected chi connectivity index (χ2v) is 5.32. The van der Waals surface area contributed by atoms with Crippen molar-refractivity contribution in [3.8, 4) is 11.5 Å². The third-order valence-corrected chi connectivity index (χ3v) is 4.17. The summed E-state index contributed by atoms with van der Waals surface area (Å²) in [6, 6.07) is 16.9. The first kappa shape index (κ1) is 14.0. The van der Waals surface area contributed by atoms with Gasteiger partial charge in [-0.15, -0.1) is 0 Å². The highest BCUT2D eigenvalue weighted by Crippen LogP contribution is 2.41. The van der Waals surface area contributed by atoms with Crippen molar-refractivity contribution in [2.24, 2.45) is 0 Å². The van der Waals surface area contributed by atoms with Crippen LogP contribution in [0.25, 0.3) is 0 Å². The van der Waals surface area contributed by atoms with Gasteiger partial charge in [0, 0.05) is 12.0 Å². The van der Waals surface area contributed by atoms with Gasteiger partial charge >= 0.3 is 0 Å². The van der Waals surface area contributed by atoms with Crippen LogP contribution in [0.3, 0.4) is 0 Å². The molecule has 3 nitrogen and oxygen atoms in total. The van der Waals surface area contributed by atoms with Gasteiger partial charge in [-0.25, -0.2) is 0 Å². The molecular weight excluding hydrogens is 262 g/mol. The van der Waals surface area contributed by atoms with E-state index in [-0.39, 0.29) is 6.04 Å². The van der Waals surface area contributed by atoms with Gasteiger partial charge in [-0.05, 0) is 42.8 Å². The highest BCUT2D eigenvalue weighted by atomic mass is 16.5. The van der Waals surface area contributed by atoms with Crippen LogP contribution in [0.5, 0.6) is 11.5 Å². The maximum absolute atomic E-state index is 5.78. The fraction of sp³-hybridized carbons (Fsp3) is 0.333. The van der Waals surface area contributed by atoms with E-state index < -0.39 is 0 Å². The summed E-state index contributed by atoms with van der Waals surface area (Å²) in [5.74, 6) is 2.32. The molecule has 3 rings (SSSR count). The van der Waals surface area contributed by atoms with Crippen LogP contribution in [0.2, 0.25) is 0 Å². The van der Waals surface area contributed by atoms with Crippen LogP contribution >= 0.6 is 0 Å². The predicted molar refractivity (Wildman–Crippen MR) is 84.1 cm³/mol. The molecule has 1 aliphatic rings. The third kappa shape index (κ3) is 2.74. The van der Waals surface area contributed by atoms with Gasteiger partial charge in [-0.1, -0.05) is 30.3 Å². The number of likely N-dealkylation sites (N-methyl/N-ethyl adjacent to an activating group) is 1. The van der Waals surface area contributed by atoms with Crippen LogP contribution in [0.1, 0.15) is 29.5 Å². The van der Waals surface area contributed by atoms with E-state index in [2.05, 4.69) is 35.6 Å². The lowest BCUT2D eigenvalue weighted by atomic mass is 9.83. The SMILES string of the molecule is CNC(c1cccc(OC)c1)C1CCOc2ccccc21. The quantitative estimate of drug-likeness (QED) is 0.931. The minimum atomic E-state index is 0.255. The Kier molecular flexibility index (Phi) is 4.11.